The van der Waals surface area contributed by atoms with Gasteiger partial charge in [0.1, 0.15) is 6.04 Å². The molecular formula is C26H32ClN3O4. The molecule has 3 rings (SSSR count). The van der Waals surface area contributed by atoms with Crippen molar-refractivity contribution in [3.05, 3.63) is 70.2 Å². The minimum atomic E-state index is -0.833. The number of rotatable bonds is 11. The van der Waals surface area contributed by atoms with Crippen molar-refractivity contribution in [2.75, 3.05) is 19.6 Å². The van der Waals surface area contributed by atoms with E-state index >= 15 is 0 Å². The molecule has 182 valence electrons. The zero-order valence-corrected chi connectivity index (χ0v) is 20.2. The zero-order chi connectivity index (χ0) is 24.5. The monoisotopic (exact) mass is 485 g/mol. The van der Waals surface area contributed by atoms with Gasteiger partial charge in [-0.2, -0.15) is 0 Å². The second-order valence-corrected chi connectivity index (χ2v) is 9.03. The molecule has 1 aliphatic heterocycles. The van der Waals surface area contributed by atoms with E-state index in [2.05, 4.69) is 10.6 Å². The van der Waals surface area contributed by atoms with Crippen LogP contribution in [0.2, 0.25) is 5.02 Å². The van der Waals surface area contributed by atoms with Gasteiger partial charge in [-0.1, -0.05) is 48.0 Å². The number of carbonyl (C=O) groups excluding carboxylic acids is 2. The fraction of sp³-hybridized carbons (Fsp3) is 0.423. The summed E-state index contributed by atoms with van der Waals surface area (Å²) in [4.78, 5) is 38.5. The predicted molar refractivity (Wildman–Crippen MR) is 132 cm³/mol. The first-order valence-corrected chi connectivity index (χ1v) is 12.1. The molecule has 0 aliphatic carbocycles. The Bertz CT molecular complexity index is 999. The van der Waals surface area contributed by atoms with Gasteiger partial charge in [0.15, 0.2) is 0 Å². The molecule has 0 spiro atoms. The topological polar surface area (TPSA) is 98.7 Å². The van der Waals surface area contributed by atoms with Crippen molar-refractivity contribution < 1.29 is 19.5 Å². The first kappa shape index (κ1) is 25.7. The van der Waals surface area contributed by atoms with Gasteiger partial charge in [0, 0.05) is 24.7 Å². The lowest BCUT2D eigenvalue weighted by Gasteiger charge is -2.27. The number of benzene rings is 2. The third kappa shape index (κ3) is 7.05. The van der Waals surface area contributed by atoms with Crippen molar-refractivity contribution in [1.29, 1.82) is 0 Å². The van der Waals surface area contributed by atoms with Crippen molar-refractivity contribution in [2.24, 2.45) is 0 Å². The second kappa shape index (κ2) is 12.5. The van der Waals surface area contributed by atoms with E-state index in [1.165, 1.54) is 0 Å². The van der Waals surface area contributed by atoms with Gasteiger partial charge in [-0.05, 0) is 61.6 Å². The van der Waals surface area contributed by atoms with Crippen molar-refractivity contribution >= 4 is 29.4 Å². The van der Waals surface area contributed by atoms with Crippen LogP contribution in [0.15, 0.2) is 48.5 Å². The lowest BCUT2D eigenvalue weighted by molar-refractivity contribution is -0.139. The van der Waals surface area contributed by atoms with Gasteiger partial charge in [-0.15, -0.1) is 0 Å². The Kier molecular flexibility index (Phi) is 9.48. The number of halogens is 1. The number of nitrogens with zero attached hydrogens (tertiary/aromatic N) is 1. The normalized spacial score (nSPS) is 16.3. The van der Waals surface area contributed by atoms with Gasteiger partial charge in [0.05, 0.1) is 12.3 Å². The largest absolute Gasteiger partial charge is 0.481 e. The fourth-order valence-electron chi connectivity index (χ4n) is 4.28. The van der Waals surface area contributed by atoms with Crippen molar-refractivity contribution in [1.82, 2.24) is 15.5 Å². The smallest absolute Gasteiger partial charge is 0.304 e. The molecule has 2 aromatic rings. The number of nitrogens with one attached hydrogen (secondary N) is 2. The summed E-state index contributed by atoms with van der Waals surface area (Å²) in [6, 6.07) is 14.7. The number of likely N-dealkylation sites (tertiary alicyclic amines) is 1. The third-order valence-corrected chi connectivity index (χ3v) is 6.45. The summed E-state index contributed by atoms with van der Waals surface area (Å²) in [7, 11) is 0. The molecule has 0 radical (unpaired) electrons. The summed E-state index contributed by atoms with van der Waals surface area (Å²) in [5.41, 5.74) is 2.89. The van der Waals surface area contributed by atoms with Crippen LogP contribution in [0.5, 0.6) is 0 Å². The lowest BCUT2D eigenvalue weighted by Crippen LogP contribution is -2.47. The molecule has 1 fully saturated rings. The molecule has 3 N–H and O–H groups in total. The van der Waals surface area contributed by atoms with Crippen molar-refractivity contribution in [3.63, 3.8) is 0 Å². The Balaban J connectivity index is 1.58. The Morgan fingerprint density at radius 1 is 1.12 bits per heavy atom. The van der Waals surface area contributed by atoms with E-state index in [0.717, 1.165) is 23.1 Å². The molecule has 7 nitrogen and oxygen atoms in total. The number of hydrogen-bond acceptors (Lipinski definition) is 4. The number of aliphatic carboxylic acids is 1. The van der Waals surface area contributed by atoms with Crippen LogP contribution in [0.25, 0.3) is 0 Å². The van der Waals surface area contributed by atoms with E-state index in [9.17, 15) is 14.4 Å². The summed E-state index contributed by atoms with van der Waals surface area (Å²) in [6.45, 7) is 3.81. The Morgan fingerprint density at radius 2 is 1.88 bits per heavy atom. The third-order valence-electron chi connectivity index (χ3n) is 6.22. The van der Waals surface area contributed by atoms with Gasteiger partial charge < -0.3 is 20.6 Å². The van der Waals surface area contributed by atoms with E-state index in [0.29, 0.717) is 44.0 Å². The van der Waals surface area contributed by atoms with Crippen LogP contribution in [0.3, 0.4) is 0 Å². The number of amides is 2. The van der Waals surface area contributed by atoms with Crippen molar-refractivity contribution in [2.45, 2.75) is 51.1 Å². The molecule has 1 aliphatic rings. The Labute approximate surface area is 205 Å². The number of hydrogen-bond donors (Lipinski definition) is 3. The van der Waals surface area contributed by atoms with Crippen molar-refractivity contribution in [3.8, 4) is 0 Å². The van der Waals surface area contributed by atoms with Gasteiger partial charge >= 0.3 is 5.97 Å². The quantitative estimate of drug-likeness (QED) is 0.424. The molecule has 0 saturated carbocycles. The molecule has 2 unspecified atom stereocenters. The molecule has 1 saturated heterocycles. The molecule has 0 aromatic heterocycles. The van der Waals surface area contributed by atoms with Crippen LogP contribution in [-0.4, -0.2) is 53.5 Å². The number of carboxylic acids is 1. The second-order valence-electron chi connectivity index (χ2n) is 8.60. The fourth-order valence-corrected chi connectivity index (χ4v) is 4.48. The molecule has 2 aromatic carbocycles. The minimum absolute atomic E-state index is 0.0280. The standard InChI is InChI=1S/C26H32ClN3O4/c1-18(19-6-3-2-4-7-19)26(34)30-15-5-8-23(30)25(33)29-17-21-16-22(27)10-9-20(21)11-13-28-14-12-24(31)32/h2-4,6-7,9-10,16,18,23,28H,5,8,11-15,17H2,1H3,(H,29,33)(H,31,32). The van der Waals surface area contributed by atoms with Crippen LogP contribution in [0.1, 0.15) is 48.8 Å². The highest BCUT2D eigenvalue weighted by Gasteiger charge is 2.36. The summed E-state index contributed by atoms with van der Waals surface area (Å²) in [5.74, 6) is -1.32. The summed E-state index contributed by atoms with van der Waals surface area (Å²) in [5, 5.41) is 15.4. The van der Waals surface area contributed by atoms with E-state index in [1.54, 1.807) is 4.90 Å². The van der Waals surface area contributed by atoms with Gasteiger partial charge in [0.2, 0.25) is 11.8 Å². The SMILES string of the molecule is CC(C(=O)N1CCCC1C(=O)NCc1cc(Cl)ccc1CCNCCC(=O)O)c1ccccc1. The highest BCUT2D eigenvalue weighted by molar-refractivity contribution is 6.30. The van der Waals surface area contributed by atoms with E-state index in [1.807, 2.05) is 55.5 Å². The zero-order valence-electron chi connectivity index (χ0n) is 19.4. The maximum Gasteiger partial charge on any atom is 0.304 e. The summed E-state index contributed by atoms with van der Waals surface area (Å²) < 4.78 is 0. The maximum absolute atomic E-state index is 13.1. The molecule has 2 atom stereocenters. The first-order valence-electron chi connectivity index (χ1n) is 11.7. The van der Waals surface area contributed by atoms with Gasteiger partial charge in [-0.3, -0.25) is 14.4 Å². The highest BCUT2D eigenvalue weighted by atomic mass is 35.5. The number of carboxylic acid groups (broad SMARTS) is 1. The van der Waals surface area contributed by atoms with Crippen LogP contribution in [0, 0.1) is 0 Å². The van der Waals surface area contributed by atoms with Crippen LogP contribution in [-0.2, 0) is 27.3 Å². The molecule has 1 heterocycles. The lowest BCUT2D eigenvalue weighted by atomic mass is 9.99. The van der Waals surface area contributed by atoms with Crippen LogP contribution >= 0.6 is 11.6 Å². The van der Waals surface area contributed by atoms with E-state index in [4.69, 9.17) is 16.7 Å². The minimum Gasteiger partial charge on any atom is -0.481 e. The average Bonchev–Trinajstić information content (AvgIpc) is 3.33. The van der Waals surface area contributed by atoms with E-state index in [-0.39, 0.29) is 24.2 Å². The maximum atomic E-state index is 13.1. The Morgan fingerprint density at radius 3 is 2.62 bits per heavy atom. The highest BCUT2D eigenvalue weighted by Crippen LogP contribution is 2.25. The first-order chi connectivity index (χ1) is 16.4. The van der Waals surface area contributed by atoms with E-state index < -0.39 is 12.0 Å². The summed E-state index contributed by atoms with van der Waals surface area (Å²) >= 11 is 6.19. The molecule has 34 heavy (non-hydrogen) atoms. The molecule has 2 amide bonds. The van der Waals surface area contributed by atoms with Crippen LogP contribution < -0.4 is 10.6 Å². The van der Waals surface area contributed by atoms with Gasteiger partial charge in [0.25, 0.3) is 0 Å². The molecular weight excluding hydrogens is 454 g/mol. The van der Waals surface area contributed by atoms with Crippen LogP contribution in [0.4, 0.5) is 0 Å². The van der Waals surface area contributed by atoms with Gasteiger partial charge in [-0.25, -0.2) is 0 Å². The molecule has 8 heteroatoms. The average molecular weight is 486 g/mol. The number of carbonyl (C=O) groups is 3. The predicted octanol–water partition coefficient (Wildman–Crippen LogP) is 3.36. The molecule has 0 bridgehead atoms. The summed E-state index contributed by atoms with van der Waals surface area (Å²) in [6.07, 6.45) is 2.21. The Hall–Kier alpha value is -2.90.